The molecule has 4 rings (SSSR count). The lowest BCUT2D eigenvalue weighted by molar-refractivity contribution is 0.0739. The lowest BCUT2D eigenvalue weighted by atomic mass is 10.2. The largest absolute Gasteiger partial charge is 0.345 e. The molecule has 1 amide bonds. The number of thiazole rings is 1. The molecule has 25 heavy (non-hydrogen) atoms. The van der Waals surface area contributed by atoms with Crippen LogP contribution in [0.15, 0.2) is 24.4 Å². The quantitative estimate of drug-likeness (QED) is 0.709. The van der Waals surface area contributed by atoms with Gasteiger partial charge in [-0.05, 0) is 25.5 Å². The lowest BCUT2D eigenvalue weighted by Crippen LogP contribution is -2.49. The minimum atomic E-state index is 0.0258. The number of para-hydroxylation sites is 1. The predicted octanol–water partition coefficient (Wildman–Crippen LogP) is 2.61. The van der Waals surface area contributed by atoms with Crippen LogP contribution in [0.4, 0.5) is 5.13 Å². The molecule has 0 atom stereocenters. The van der Waals surface area contributed by atoms with Gasteiger partial charge in [-0.3, -0.25) is 9.48 Å². The number of fused-ring (bicyclic) bond motifs is 1. The summed E-state index contributed by atoms with van der Waals surface area (Å²) in [6.45, 7) is 7.03. The summed E-state index contributed by atoms with van der Waals surface area (Å²) >= 11 is 1.73. The summed E-state index contributed by atoms with van der Waals surface area (Å²) in [5.41, 5.74) is 3.78. The Bertz CT molecular complexity index is 936. The van der Waals surface area contributed by atoms with Crippen molar-refractivity contribution in [2.24, 2.45) is 7.05 Å². The maximum absolute atomic E-state index is 12.7. The van der Waals surface area contributed by atoms with Crippen LogP contribution in [0, 0.1) is 13.8 Å². The molecular weight excluding hydrogens is 334 g/mol. The topological polar surface area (TPSA) is 54.3 Å². The van der Waals surface area contributed by atoms with Crippen LogP contribution in [0.1, 0.15) is 21.6 Å². The molecule has 2 aromatic heterocycles. The number of benzene rings is 1. The third-order valence-electron chi connectivity index (χ3n) is 4.66. The van der Waals surface area contributed by atoms with Crippen LogP contribution in [0.25, 0.3) is 10.2 Å². The first-order valence-corrected chi connectivity index (χ1v) is 9.25. The Morgan fingerprint density at radius 3 is 2.52 bits per heavy atom. The van der Waals surface area contributed by atoms with Crippen molar-refractivity contribution in [3.63, 3.8) is 0 Å². The lowest BCUT2D eigenvalue weighted by Gasteiger charge is -2.34. The minimum absolute atomic E-state index is 0.0258. The average Bonchev–Trinajstić information content (AvgIpc) is 3.18. The summed E-state index contributed by atoms with van der Waals surface area (Å²) in [4.78, 5) is 21.7. The van der Waals surface area contributed by atoms with E-state index in [4.69, 9.17) is 4.98 Å². The van der Waals surface area contributed by atoms with Crippen molar-refractivity contribution in [3.8, 4) is 0 Å². The van der Waals surface area contributed by atoms with Crippen LogP contribution in [0.3, 0.4) is 0 Å². The van der Waals surface area contributed by atoms with Crippen molar-refractivity contribution in [2.45, 2.75) is 13.8 Å². The van der Waals surface area contributed by atoms with Crippen LogP contribution in [0.2, 0.25) is 0 Å². The number of aromatic nitrogens is 3. The molecule has 1 saturated heterocycles. The van der Waals surface area contributed by atoms with E-state index >= 15 is 0 Å². The number of piperazine rings is 1. The number of amides is 1. The monoisotopic (exact) mass is 355 g/mol. The predicted molar refractivity (Wildman–Crippen MR) is 100 cm³/mol. The molecule has 130 valence electrons. The third-order valence-corrected chi connectivity index (χ3v) is 5.74. The summed E-state index contributed by atoms with van der Waals surface area (Å²) in [6, 6.07) is 6.29. The summed E-state index contributed by atoms with van der Waals surface area (Å²) in [5.74, 6) is 0.0258. The van der Waals surface area contributed by atoms with Gasteiger partial charge in [-0.1, -0.05) is 23.5 Å². The minimum Gasteiger partial charge on any atom is -0.345 e. The average molecular weight is 355 g/mol. The van der Waals surface area contributed by atoms with Crippen LogP contribution >= 0.6 is 11.3 Å². The molecule has 0 N–H and O–H groups in total. The number of carbonyl (C=O) groups excluding carboxylic acids is 1. The number of hydrogen-bond donors (Lipinski definition) is 0. The van der Waals surface area contributed by atoms with Gasteiger partial charge in [-0.2, -0.15) is 5.10 Å². The zero-order chi connectivity index (χ0) is 17.6. The van der Waals surface area contributed by atoms with E-state index in [2.05, 4.69) is 35.1 Å². The summed E-state index contributed by atoms with van der Waals surface area (Å²) in [7, 11) is 1.84. The zero-order valence-electron chi connectivity index (χ0n) is 14.7. The molecule has 6 nitrogen and oxygen atoms in total. The SMILES string of the molecule is Cc1cn(C)nc1C(=O)N1CCN(c2nc3c(C)cccc3s2)CC1. The van der Waals surface area contributed by atoms with Crippen LogP contribution < -0.4 is 4.90 Å². The molecule has 1 aliphatic rings. The molecule has 3 heterocycles. The van der Waals surface area contributed by atoms with Crippen LogP contribution in [-0.2, 0) is 7.05 Å². The maximum Gasteiger partial charge on any atom is 0.274 e. The van der Waals surface area contributed by atoms with E-state index < -0.39 is 0 Å². The first kappa shape index (κ1) is 16.1. The Morgan fingerprint density at radius 2 is 1.88 bits per heavy atom. The van der Waals surface area contributed by atoms with E-state index in [-0.39, 0.29) is 5.91 Å². The Morgan fingerprint density at radius 1 is 1.12 bits per heavy atom. The number of hydrogen-bond acceptors (Lipinski definition) is 5. The number of carbonyl (C=O) groups is 1. The van der Waals surface area contributed by atoms with Crippen molar-refractivity contribution in [1.29, 1.82) is 0 Å². The highest BCUT2D eigenvalue weighted by molar-refractivity contribution is 7.22. The summed E-state index contributed by atoms with van der Waals surface area (Å²) in [6.07, 6.45) is 1.88. The molecule has 0 aliphatic carbocycles. The van der Waals surface area contributed by atoms with Gasteiger partial charge in [0.15, 0.2) is 10.8 Å². The first-order valence-electron chi connectivity index (χ1n) is 8.43. The fourth-order valence-electron chi connectivity index (χ4n) is 3.28. The molecule has 1 aliphatic heterocycles. The van der Waals surface area contributed by atoms with Crippen molar-refractivity contribution in [1.82, 2.24) is 19.7 Å². The van der Waals surface area contributed by atoms with Gasteiger partial charge >= 0.3 is 0 Å². The number of rotatable bonds is 2. The second-order valence-corrected chi connectivity index (χ2v) is 7.54. The Hall–Kier alpha value is -2.41. The summed E-state index contributed by atoms with van der Waals surface area (Å²) in [5, 5.41) is 5.35. The highest BCUT2D eigenvalue weighted by atomic mass is 32.1. The van der Waals surface area contributed by atoms with Crippen LogP contribution in [0.5, 0.6) is 0 Å². The van der Waals surface area contributed by atoms with Gasteiger partial charge in [0, 0.05) is 45.0 Å². The van der Waals surface area contributed by atoms with Gasteiger partial charge in [0.2, 0.25) is 0 Å². The van der Waals surface area contributed by atoms with Gasteiger partial charge in [0.25, 0.3) is 5.91 Å². The van der Waals surface area contributed by atoms with E-state index in [0.29, 0.717) is 18.8 Å². The number of anilines is 1. The molecule has 3 aromatic rings. The van der Waals surface area contributed by atoms with Crippen molar-refractivity contribution >= 4 is 32.6 Å². The molecule has 0 radical (unpaired) electrons. The van der Waals surface area contributed by atoms with Crippen molar-refractivity contribution < 1.29 is 4.79 Å². The Balaban J connectivity index is 1.48. The Kier molecular flexibility index (Phi) is 3.95. The van der Waals surface area contributed by atoms with E-state index in [0.717, 1.165) is 29.3 Å². The normalized spacial score (nSPS) is 15.2. The highest BCUT2D eigenvalue weighted by Crippen LogP contribution is 2.31. The van der Waals surface area contributed by atoms with E-state index in [1.165, 1.54) is 10.3 Å². The fourth-order valence-corrected chi connectivity index (χ4v) is 4.37. The molecule has 0 unspecified atom stereocenters. The molecule has 7 heteroatoms. The second kappa shape index (κ2) is 6.15. The maximum atomic E-state index is 12.7. The van der Waals surface area contributed by atoms with Gasteiger partial charge in [0.05, 0.1) is 10.2 Å². The molecule has 1 aromatic carbocycles. The van der Waals surface area contributed by atoms with Crippen molar-refractivity contribution in [2.75, 3.05) is 31.1 Å². The molecule has 0 bridgehead atoms. The third kappa shape index (κ3) is 2.89. The van der Waals surface area contributed by atoms with Gasteiger partial charge < -0.3 is 9.80 Å². The standard InChI is InChI=1S/C18H21N5OS/c1-12-5-4-6-14-15(12)19-18(25-14)23-9-7-22(8-10-23)17(24)16-13(2)11-21(3)20-16/h4-6,11H,7-10H2,1-3H3. The smallest absolute Gasteiger partial charge is 0.274 e. The highest BCUT2D eigenvalue weighted by Gasteiger charge is 2.26. The van der Waals surface area contributed by atoms with Gasteiger partial charge in [-0.15, -0.1) is 0 Å². The zero-order valence-corrected chi connectivity index (χ0v) is 15.5. The van der Waals surface area contributed by atoms with E-state index in [9.17, 15) is 4.79 Å². The number of nitrogens with zero attached hydrogens (tertiary/aromatic N) is 5. The molecular formula is C18H21N5OS. The fraction of sp³-hybridized carbons (Fsp3) is 0.389. The van der Waals surface area contributed by atoms with Gasteiger partial charge in [-0.25, -0.2) is 4.98 Å². The Labute approximate surface area is 150 Å². The summed E-state index contributed by atoms with van der Waals surface area (Å²) < 4.78 is 2.92. The second-order valence-electron chi connectivity index (χ2n) is 6.53. The van der Waals surface area contributed by atoms with Crippen LogP contribution in [-0.4, -0.2) is 51.8 Å². The molecule has 0 spiro atoms. The molecule has 1 fully saturated rings. The number of aryl methyl sites for hydroxylation is 3. The molecule has 0 saturated carbocycles. The van der Waals surface area contributed by atoms with E-state index in [1.54, 1.807) is 16.0 Å². The van der Waals surface area contributed by atoms with E-state index in [1.807, 2.05) is 25.1 Å². The van der Waals surface area contributed by atoms with Crippen molar-refractivity contribution in [3.05, 3.63) is 41.2 Å². The first-order chi connectivity index (χ1) is 12.0. The van der Waals surface area contributed by atoms with Gasteiger partial charge in [0.1, 0.15) is 0 Å².